The largest absolute Gasteiger partial charge is 0.497 e. The van der Waals surface area contributed by atoms with Gasteiger partial charge in [-0.15, -0.1) is 0 Å². The molecule has 1 saturated carbocycles. The zero-order valence-electron chi connectivity index (χ0n) is 27.7. The molecule has 45 heavy (non-hydrogen) atoms. The lowest BCUT2D eigenvalue weighted by atomic mass is 9.72. The molecule has 5 heteroatoms. The van der Waals surface area contributed by atoms with Gasteiger partial charge in [-0.2, -0.15) is 0 Å². The maximum atomic E-state index is 12.3. The topological polar surface area (TPSA) is 45.2 Å². The molecule has 3 aromatic rings. The van der Waals surface area contributed by atoms with E-state index in [2.05, 4.69) is 76.5 Å². The summed E-state index contributed by atoms with van der Waals surface area (Å²) in [5, 5.41) is 12.3. The molecule has 5 nitrogen and oxygen atoms in total. The molecule has 3 aromatic carbocycles. The van der Waals surface area contributed by atoms with Gasteiger partial charge in [0, 0.05) is 18.5 Å². The number of hydrogen-bond acceptors (Lipinski definition) is 5. The van der Waals surface area contributed by atoms with Crippen molar-refractivity contribution in [2.24, 2.45) is 0 Å². The minimum absolute atomic E-state index is 0.119. The van der Waals surface area contributed by atoms with E-state index >= 15 is 0 Å². The van der Waals surface area contributed by atoms with Gasteiger partial charge in [0.25, 0.3) is 0 Å². The first-order chi connectivity index (χ1) is 22.0. The molecule has 0 aromatic heterocycles. The SMILES string of the molecule is COc1ccc(Cc2ccc(C(CN3CCC(N4CCCCC4)CC3)C3(O)CCCCC3)cc2Cc2ccc(OC)cc2)cc1. The average Bonchev–Trinajstić information content (AvgIpc) is 3.09. The van der Waals surface area contributed by atoms with Gasteiger partial charge in [-0.05, 0) is 130 Å². The Labute approximate surface area is 271 Å². The highest BCUT2D eigenvalue weighted by molar-refractivity contribution is 5.42. The van der Waals surface area contributed by atoms with Crippen molar-refractivity contribution >= 4 is 0 Å². The van der Waals surface area contributed by atoms with Gasteiger partial charge in [0.05, 0.1) is 19.8 Å². The molecule has 1 N–H and O–H groups in total. The Balaban J connectivity index is 1.27. The van der Waals surface area contributed by atoms with Crippen LogP contribution in [0.2, 0.25) is 0 Å². The molecule has 1 aliphatic carbocycles. The molecular weight excluding hydrogens is 556 g/mol. The Morgan fingerprint density at radius 2 is 1.24 bits per heavy atom. The average molecular weight is 611 g/mol. The fourth-order valence-corrected chi connectivity index (χ4v) is 8.23. The smallest absolute Gasteiger partial charge is 0.118 e. The predicted molar refractivity (Wildman–Crippen MR) is 184 cm³/mol. The van der Waals surface area contributed by atoms with Crippen molar-refractivity contribution in [3.63, 3.8) is 0 Å². The fourth-order valence-electron chi connectivity index (χ4n) is 8.23. The summed E-state index contributed by atoms with van der Waals surface area (Å²) in [5.41, 5.74) is 5.91. The second kappa shape index (κ2) is 15.2. The standard InChI is InChI=1S/C40H54N2O3/c1-44-37-15-9-31(10-16-37)27-33-13-14-34(29-35(33)28-32-11-17-38(45-2)18-12-32)39(40(43)21-5-3-6-22-40)30-41-25-19-36(20-26-41)42-23-7-4-8-24-42/h9-18,29,36,39,43H,3-8,19-28,30H2,1-2H3. The van der Waals surface area contributed by atoms with Gasteiger partial charge in [0.15, 0.2) is 0 Å². The van der Waals surface area contributed by atoms with E-state index < -0.39 is 5.60 Å². The van der Waals surface area contributed by atoms with E-state index in [4.69, 9.17) is 9.47 Å². The van der Waals surface area contributed by atoms with Gasteiger partial charge in [-0.1, -0.05) is 68.1 Å². The van der Waals surface area contributed by atoms with E-state index in [1.807, 2.05) is 0 Å². The highest BCUT2D eigenvalue weighted by Gasteiger charge is 2.40. The number of likely N-dealkylation sites (tertiary alicyclic amines) is 2. The molecular formula is C40H54N2O3. The molecule has 0 spiro atoms. The third-order valence-electron chi connectivity index (χ3n) is 11.0. The van der Waals surface area contributed by atoms with Crippen LogP contribution < -0.4 is 9.47 Å². The zero-order chi connectivity index (χ0) is 31.1. The number of rotatable bonds is 11. The molecule has 2 saturated heterocycles. The summed E-state index contributed by atoms with van der Waals surface area (Å²) in [6, 6.07) is 24.8. The molecule has 0 amide bonds. The van der Waals surface area contributed by atoms with Crippen LogP contribution in [0.1, 0.15) is 97.9 Å². The minimum atomic E-state index is -0.642. The zero-order valence-corrected chi connectivity index (χ0v) is 27.7. The van der Waals surface area contributed by atoms with E-state index in [9.17, 15) is 5.11 Å². The summed E-state index contributed by atoms with van der Waals surface area (Å²) in [4.78, 5) is 5.44. The van der Waals surface area contributed by atoms with Crippen LogP contribution in [0.15, 0.2) is 66.7 Å². The van der Waals surface area contributed by atoms with Crippen molar-refractivity contribution in [3.8, 4) is 11.5 Å². The number of benzene rings is 3. The molecule has 3 aliphatic rings. The number of piperidine rings is 2. The summed E-state index contributed by atoms with van der Waals surface area (Å²) in [6.45, 7) is 5.80. The van der Waals surface area contributed by atoms with Gasteiger partial charge in [-0.25, -0.2) is 0 Å². The van der Waals surface area contributed by atoms with Crippen LogP contribution in [-0.2, 0) is 12.8 Å². The van der Waals surface area contributed by atoms with Crippen molar-refractivity contribution < 1.29 is 14.6 Å². The number of hydrogen-bond donors (Lipinski definition) is 1. The lowest BCUT2D eigenvalue weighted by Gasteiger charge is -2.45. The molecule has 1 unspecified atom stereocenters. The van der Waals surface area contributed by atoms with E-state index in [0.29, 0.717) is 0 Å². The van der Waals surface area contributed by atoms with Crippen LogP contribution in [0.4, 0.5) is 0 Å². The number of nitrogens with zero attached hydrogens (tertiary/aromatic N) is 2. The van der Waals surface area contributed by atoms with Crippen LogP contribution in [0.25, 0.3) is 0 Å². The second-order valence-electron chi connectivity index (χ2n) is 13.9. The van der Waals surface area contributed by atoms with Crippen LogP contribution >= 0.6 is 0 Å². The Kier molecular flexibility index (Phi) is 10.8. The summed E-state index contributed by atoms with van der Waals surface area (Å²) >= 11 is 0. The van der Waals surface area contributed by atoms with Crippen molar-refractivity contribution in [1.82, 2.24) is 9.80 Å². The number of ether oxygens (including phenoxy) is 2. The Bertz CT molecular complexity index is 1330. The van der Waals surface area contributed by atoms with Gasteiger partial charge in [0.1, 0.15) is 11.5 Å². The second-order valence-corrected chi connectivity index (χ2v) is 13.9. The molecule has 0 bridgehead atoms. The first-order valence-electron chi connectivity index (χ1n) is 17.6. The molecule has 1 atom stereocenters. The van der Waals surface area contributed by atoms with E-state index in [-0.39, 0.29) is 5.92 Å². The van der Waals surface area contributed by atoms with Gasteiger partial charge in [-0.3, -0.25) is 0 Å². The van der Waals surface area contributed by atoms with Gasteiger partial charge >= 0.3 is 0 Å². The summed E-state index contributed by atoms with van der Waals surface area (Å²) in [7, 11) is 3.44. The quantitative estimate of drug-likeness (QED) is 0.242. The fraction of sp³-hybridized carbons (Fsp3) is 0.550. The molecule has 2 heterocycles. The van der Waals surface area contributed by atoms with E-state index in [1.54, 1.807) is 14.2 Å². The maximum Gasteiger partial charge on any atom is 0.118 e. The molecule has 0 radical (unpaired) electrons. The highest BCUT2D eigenvalue weighted by Crippen LogP contribution is 2.42. The number of aliphatic hydroxyl groups is 1. The van der Waals surface area contributed by atoms with Gasteiger partial charge < -0.3 is 24.4 Å². The van der Waals surface area contributed by atoms with Crippen LogP contribution in [0, 0.1) is 0 Å². The minimum Gasteiger partial charge on any atom is -0.497 e. The van der Waals surface area contributed by atoms with Crippen LogP contribution in [-0.4, -0.2) is 73.5 Å². The number of methoxy groups -OCH3 is 2. The predicted octanol–water partition coefficient (Wildman–Crippen LogP) is 7.61. The van der Waals surface area contributed by atoms with Crippen molar-refractivity contribution in [2.75, 3.05) is 46.9 Å². The normalized spacial score (nSPS) is 20.5. The lowest BCUT2D eigenvalue weighted by molar-refractivity contribution is -0.0343. The third kappa shape index (κ3) is 8.11. The molecule has 6 rings (SSSR count). The molecule has 2 aliphatic heterocycles. The summed E-state index contributed by atoms with van der Waals surface area (Å²) < 4.78 is 10.8. The van der Waals surface area contributed by atoms with Crippen molar-refractivity contribution in [3.05, 3.63) is 94.5 Å². The first-order valence-corrected chi connectivity index (χ1v) is 17.6. The molecule has 242 valence electrons. The maximum absolute atomic E-state index is 12.3. The van der Waals surface area contributed by atoms with Crippen LogP contribution in [0.5, 0.6) is 11.5 Å². The van der Waals surface area contributed by atoms with Crippen molar-refractivity contribution in [2.45, 2.75) is 94.6 Å². The first kappa shape index (κ1) is 32.1. The third-order valence-corrected chi connectivity index (χ3v) is 11.0. The van der Waals surface area contributed by atoms with Gasteiger partial charge in [0.2, 0.25) is 0 Å². The Morgan fingerprint density at radius 3 is 1.82 bits per heavy atom. The summed E-state index contributed by atoms with van der Waals surface area (Å²) in [6.07, 6.45) is 13.7. The monoisotopic (exact) mass is 610 g/mol. The summed E-state index contributed by atoms with van der Waals surface area (Å²) in [5.74, 6) is 1.89. The van der Waals surface area contributed by atoms with Crippen molar-refractivity contribution in [1.29, 1.82) is 0 Å². The van der Waals surface area contributed by atoms with Crippen LogP contribution in [0.3, 0.4) is 0 Å². The highest BCUT2D eigenvalue weighted by atomic mass is 16.5. The van der Waals surface area contributed by atoms with E-state index in [1.165, 1.54) is 79.4 Å². The molecule has 3 fully saturated rings. The Hall–Kier alpha value is -2.86. The lowest BCUT2D eigenvalue weighted by Crippen LogP contribution is -2.50. The Morgan fingerprint density at radius 1 is 0.689 bits per heavy atom. The van der Waals surface area contributed by atoms with E-state index in [0.717, 1.165) is 75.7 Å².